The fraction of sp³-hybridized carbons (Fsp3) is 0.318. The van der Waals surface area contributed by atoms with E-state index in [2.05, 4.69) is 39.5 Å². The van der Waals surface area contributed by atoms with Gasteiger partial charge in [0, 0.05) is 32.9 Å². The van der Waals surface area contributed by atoms with Crippen LogP contribution in [-0.2, 0) is 19.4 Å². The highest BCUT2D eigenvalue weighted by atomic mass is 16.2. The van der Waals surface area contributed by atoms with Crippen LogP contribution in [0.5, 0.6) is 0 Å². The second-order valence-electron chi connectivity index (χ2n) is 7.24. The van der Waals surface area contributed by atoms with Crippen LogP contribution in [0.1, 0.15) is 28.4 Å². The second-order valence-corrected chi connectivity index (χ2v) is 7.24. The number of hydrogen-bond donors (Lipinski definition) is 1. The molecule has 6 nitrogen and oxygen atoms in total. The van der Waals surface area contributed by atoms with Crippen LogP contribution in [-0.4, -0.2) is 35.6 Å². The average molecular weight is 376 g/mol. The maximum atomic E-state index is 12.9. The van der Waals surface area contributed by atoms with Crippen LogP contribution in [0.25, 0.3) is 11.0 Å². The molecule has 0 radical (unpaired) electrons. The fourth-order valence-corrected chi connectivity index (χ4v) is 4.01. The van der Waals surface area contributed by atoms with Crippen molar-refractivity contribution < 1.29 is 4.79 Å². The number of nitrogens with one attached hydrogen (secondary N) is 1. The van der Waals surface area contributed by atoms with Gasteiger partial charge in [-0.15, -0.1) is 0 Å². The summed E-state index contributed by atoms with van der Waals surface area (Å²) in [5.74, 6) is -0.376. The van der Waals surface area contributed by atoms with E-state index in [1.807, 2.05) is 30.8 Å². The van der Waals surface area contributed by atoms with Crippen molar-refractivity contribution in [3.05, 3.63) is 69.6 Å². The lowest BCUT2D eigenvalue weighted by Gasteiger charge is -2.26. The van der Waals surface area contributed by atoms with E-state index in [-0.39, 0.29) is 16.9 Å². The summed E-state index contributed by atoms with van der Waals surface area (Å²) in [7, 11) is 3.57. The number of nitrogens with zero attached hydrogens (tertiary/aromatic N) is 3. The number of pyridine rings is 2. The zero-order valence-electron chi connectivity index (χ0n) is 16.4. The maximum absolute atomic E-state index is 12.9. The Morgan fingerprint density at radius 1 is 1.29 bits per heavy atom. The van der Waals surface area contributed by atoms with E-state index in [4.69, 9.17) is 0 Å². The molecule has 3 aromatic rings. The van der Waals surface area contributed by atoms with Gasteiger partial charge in [0.1, 0.15) is 11.2 Å². The average Bonchev–Trinajstić information content (AvgIpc) is 3.17. The molecule has 1 aromatic carbocycles. The quantitative estimate of drug-likeness (QED) is 0.759. The molecule has 1 aliphatic rings. The summed E-state index contributed by atoms with van der Waals surface area (Å²) in [5.41, 5.74) is 4.11. The van der Waals surface area contributed by atoms with E-state index < -0.39 is 0 Å². The predicted molar refractivity (Wildman–Crippen MR) is 111 cm³/mol. The van der Waals surface area contributed by atoms with E-state index in [1.54, 1.807) is 6.20 Å². The topological polar surface area (TPSA) is 67.2 Å². The molecule has 6 heteroatoms. The molecule has 1 N–H and O–H groups in total. The summed E-state index contributed by atoms with van der Waals surface area (Å²) in [5, 5.41) is 3.02. The number of fused-ring (bicyclic) bond motifs is 2. The van der Waals surface area contributed by atoms with Crippen molar-refractivity contribution in [2.45, 2.75) is 32.4 Å². The number of hydrogen-bond acceptors (Lipinski definition) is 4. The molecule has 0 fully saturated rings. The van der Waals surface area contributed by atoms with Crippen LogP contribution in [0.15, 0.2) is 47.5 Å². The minimum absolute atomic E-state index is 0.145. The monoisotopic (exact) mass is 376 g/mol. The number of anilines is 1. The fourth-order valence-electron chi connectivity index (χ4n) is 4.01. The van der Waals surface area contributed by atoms with Crippen LogP contribution in [0.4, 0.5) is 5.69 Å². The Labute approximate surface area is 163 Å². The van der Waals surface area contributed by atoms with Gasteiger partial charge in [-0.3, -0.25) is 9.59 Å². The second kappa shape index (κ2) is 7.11. The molecule has 0 saturated carbocycles. The van der Waals surface area contributed by atoms with Gasteiger partial charge >= 0.3 is 0 Å². The Morgan fingerprint density at radius 2 is 1.96 bits per heavy atom. The Bertz CT molecular complexity index is 1090. The molecule has 144 valence electrons. The molecule has 0 unspecified atom stereocenters. The van der Waals surface area contributed by atoms with Crippen molar-refractivity contribution in [3.8, 4) is 0 Å². The molecule has 2 aromatic heterocycles. The molecule has 0 bridgehead atoms. The predicted octanol–water partition coefficient (Wildman–Crippen LogP) is 2.38. The van der Waals surface area contributed by atoms with E-state index >= 15 is 0 Å². The van der Waals surface area contributed by atoms with Gasteiger partial charge in [0.2, 0.25) is 5.43 Å². The molecule has 2 heterocycles. The Hall–Kier alpha value is -3.15. The highest BCUT2D eigenvalue weighted by Crippen LogP contribution is 2.28. The zero-order valence-corrected chi connectivity index (χ0v) is 16.4. The largest absolute Gasteiger partial charge is 0.370 e. The van der Waals surface area contributed by atoms with Gasteiger partial charge in [-0.05, 0) is 37.0 Å². The third kappa shape index (κ3) is 2.95. The molecule has 28 heavy (non-hydrogen) atoms. The Kier molecular flexibility index (Phi) is 4.63. The minimum Gasteiger partial charge on any atom is -0.370 e. The van der Waals surface area contributed by atoms with Crippen molar-refractivity contribution >= 4 is 22.6 Å². The molecule has 0 aliphatic heterocycles. The summed E-state index contributed by atoms with van der Waals surface area (Å²) in [6, 6.07) is 10.7. The summed E-state index contributed by atoms with van der Waals surface area (Å²) < 4.78 is 1.84. The number of benzene rings is 1. The lowest BCUT2D eigenvalue weighted by atomic mass is 10.1. The number of likely N-dealkylation sites (N-methyl/N-ethyl adjacent to an activating group) is 1. The number of aromatic nitrogens is 2. The normalized spacial score (nSPS) is 13.5. The van der Waals surface area contributed by atoms with Crippen LogP contribution >= 0.6 is 0 Å². The van der Waals surface area contributed by atoms with Crippen molar-refractivity contribution in [3.63, 3.8) is 0 Å². The van der Waals surface area contributed by atoms with Gasteiger partial charge in [0.05, 0.1) is 17.3 Å². The maximum Gasteiger partial charge on any atom is 0.256 e. The van der Waals surface area contributed by atoms with Gasteiger partial charge < -0.3 is 14.8 Å². The Morgan fingerprint density at radius 3 is 2.57 bits per heavy atom. The van der Waals surface area contributed by atoms with Gasteiger partial charge in [-0.25, -0.2) is 4.98 Å². The third-order valence-corrected chi connectivity index (χ3v) is 5.70. The summed E-state index contributed by atoms with van der Waals surface area (Å²) in [6.07, 6.45) is 5.36. The number of carbonyl (C=O) groups excluding carboxylic acids is 1. The van der Waals surface area contributed by atoms with E-state index in [0.717, 1.165) is 18.5 Å². The smallest absolute Gasteiger partial charge is 0.256 e. The van der Waals surface area contributed by atoms with Crippen molar-refractivity contribution in [1.29, 1.82) is 0 Å². The van der Waals surface area contributed by atoms with E-state index in [1.165, 1.54) is 18.2 Å². The molecule has 0 atom stereocenters. The molecular formula is C22H24N4O2. The standard InChI is InChI=1S/C22H24N4O2/c1-4-26-13-19(22(28)23-2)20(27)18-11-17(12-24-21(18)26)25(3)16-9-14-7-5-6-8-15(14)10-16/h5-8,11-13,16H,4,9-10H2,1-3H3,(H,23,28). The first kappa shape index (κ1) is 18.2. The van der Waals surface area contributed by atoms with Crippen LogP contribution in [0.3, 0.4) is 0 Å². The van der Waals surface area contributed by atoms with Gasteiger partial charge in [-0.2, -0.15) is 0 Å². The molecule has 0 spiro atoms. The number of carbonyl (C=O) groups is 1. The van der Waals surface area contributed by atoms with Crippen LogP contribution in [0.2, 0.25) is 0 Å². The third-order valence-electron chi connectivity index (χ3n) is 5.70. The first-order chi connectivity index (χ1) is 13.5. The zero-order chi connectivity index (χ0) is 19.8. The molecule has 1 aliphatic carbocycles. The summed E-state index contributed by atoms with van der Waals surface area (Å²) >= 11 is 0. The lowest BCUT2D eigenvalue weighted by Crippen LogP contribution is -2.32. The SMILES string of the molecule is CCn1cc(C(=O)NC)c(=O)c2cc(N(C)C3Cc4ccccc4C3)cnc21. The van der Waals surface area contributed by atoms with E-state index in [9.17, 15) is 9.59 Å². The lowest BCUT2D eigenvalue weighted by molar-refractivity contribution is 0.0961. The summed E-state index contributed by atoms with van der Waals surface area (Å²) in [6.45, 7) is 2.59. The first-order valence-electron chi connectivity index (χ1n) is 9.58. The van der Waals surface area contributed by atoms with Crippen LogP contribution in [0, 0.1) is 0 Å². The molecule has 0 saturated heterocycles. The number of amides is 1. The molecular weight excluding hydrogens is 352 g/mol. The highest BCUT2D eigenvalue weighted by Gasteiger charge is 2.25. The van der Waals surface area contributed by atoms with Crippen molar-refractivity contribution in [1.82, 2.24) is 14.9 Å². The van der Waals surface area contributed by atoms with Gasteiger partial charge in [0.25, 0.3) is 5.91 Å². The van der Waals surface area contributed by atoms with Gasteiger partial charge in [0.15, 0.2) is 0 Å². The van der Waals surface area contributed by atoms with Gasteiger partial charge in [-0.1, -0.05) is 24.3 Å². The molecule has 4 rings (SSSR count). The summed E-state index contributed by atoms with van der Waals surface area (Å²) in [4.78, 5) is 31.8. The number of aryl methyl sites for hydroxylation is 1. The Balaban J connectivity index is 1.76. The van der Waals surface area contributed by atoms with Crippen LogP contribution < -0.4 is 15.6 Å². The molecule has 1 amide bonds. The van der Waals surface area contributed by atoms with Crippen molar-refractivity contribution in [2.24, 2.45) is 0 Å². The number of rotatable bonds is 4. The minimum atomic E-state index is -0.376. The first-order valence-corrected chi connectivity index (χ1v) is 9.58. The highest BCUT2D eigenvalue weighted by molar-refractivity contribution is 5.97. The van der Waals surface area contributed by atoms with Crippen molar-refractivity contribution in [2.75, 3.05) is 19.0 Å². The van der Waals surface area contributed by atoms with E-state index in [0.29, 0.717) is 23.6 Å².